The lowest BCUT2D eigenvalue weighted by atomic mass is 10.1. The number of carbonyl (C=O) groups is 1. The molecule has 2 rings (SSSR count). The second-order valence-electron chi connectivity index (χ2n) is 4.34. The topological polar surface area (TPSA) is 102 Å². The van der Waals surface area contributed by atoms with Gasteiger partial charge in [-0.1, -0.05) is 6.07 Å². The Morgan fingerprint density at radius 1 is 1.48 bits per heavy atom. The molecule has 8 heteroatoms. The van der Waals surface area contributed by atoms with Crippen LogP contribution in [0.3, 0.4) is 0 Å². The highest BCUT2D eigenvalue weighted by molar-refractivity contribution is 6.09. The number of nitro groups is 1. The van der Waals surface area contributed by atoms with E-state index in [4.69, 9.17) is 0 Å². The smallest absolute Gasteiger partial charge is 0.293 e. The number of hydrogen-bond donors (Lipinski definition) is 2. The number of hydrogen-bond acceptors (Lipinski definition) is 5. The molecule has 1 aromatic heterocycles. The quantitative estimate of drug-likeness (QED) is 0.647. The van der Waals surface area contributed by atoms with Crippen molar-refractivity contribution in [1.82, 2.24) is 9.78 Å². The Bertz CT molecular complexity index is 680. The maximum Gasteiger partial charge on any atom is 0.293 e. The van der Waals surface area contributed by atoms with E-state index in [1.165, 1.54) is 24.4 Å². The van der Waals surface area contributed by atoms with Crippen molar-refractivity contribution in [3.8, 4) is 0 Å². The van der Waals surface area contributed by atoms with Crippen molar-refractivity contribution in [3.63, 3.8) is 0 Å². The summed E-state index contributed by atoms with van der Waals surface area (Å²) in [6.07, 6.45) is 3.14. The van der Waals surface area contributed by atoms with Crippen molar-refractivity contribution in [2.24, 2.45) is 7.05 Å². The van der Waals surface area contributed by atoms with Crippen LogP contribution in [-0.2, 0) is 7.05 Å². The summed E-state index contributed by atoms with van der Waals surface area (Å²) in [6, 6.07) is 4.38. The van der Waals surface area contributed by atoms with Crippen LogP contribution in [0.5, 0.6) is 0 Å². The first-order chi connectivity index (χ1) is 10.0. The molecule has 0 saturated carbocycles. The number of anilines is 2. The number of benzene rings is 1. The Kier molecular flexibility index (Phi) is 4.17. The van der Waals surface area contributed by atoms with Crippen LogP contribution in [0.4, 0.5) is 17.1 Å². The minimum Gasteiger partial charge on any atom is -0.379 e. The average Bonchev–Trinajstić information content (AvgIpc) is 2.84. The third-order valence-electron chi connectivity index (χ3n) is 2.80. The standard InChI is InChI=1S/C13H15N5O3/c1-3-14-12-10(5-4-6-11(12)18(20)21)13(19)16-9-7-15-17(2)8-9/h4-8,14H,3H2,1-2H3,(H,16,19). The average molecular weight is 289 g/mol. The van der Waals surface area contributed by atoms with Crippen molar-refractivity contribution in [1.29, 1.82) is 0 Å². The van der Waals surface area contributed by atoms with Gasteiger partial charge in [0.15, 0.2) is 0 Å². The van der Waals surface area contributed by atoms with Gasteiger partial charge in [-0.05, 0) is 13.0 Å². The molecule has 0 unspecified atom stereocenters. The molecule has 2 N–H and O–H groups in total. The zero-order chi connectivity index (χ0) is 15.4. The fourth-order valence-corrected chi connectivity index (χ4v) is 1.93. The minimum atomic E-state index is -0.515. The molecule has 0 aliphatic rings. The molecule has 1 amide bonds. The lowest BCUT2D eigenvalue weighted by Gasteiger charge is -2.10. The predicted molar refractivity (Wildman–Crippen MR) is 78.4 cm³/mol. The van der Waals surface area contributed by atoms with E-state index in [-0.39, 0.29) is 16.9 Å². The highest BCUT2D eigenvalue weighted by Crippen LogP contribution is 2.28. The summed E-state index contributed by atoms with van der Waals surface area (Å²) in [5.41, 5.74) is 0.827. The molecule has 0 saturated heterocycles. The maximum atomic E-state index is 12.3. The lowest BCUT2D eigenvalue weighted by Crippen LogP contribution is -2.15. The summed E-state index contributed by atoms with van der Waals surface area (Å²) in [7, 11) is 1.73. The zero-order valence-electron chi connectivity index (χ0n) is 11.7. The number of carbonyl (C=O) groups excluding carboxylic acids is 1. The Balaban J connectivity index is 2.35. The second-order valence-corrected chi connectivity index (χ2v) is 4.34. The van der Waals surface area contributed by atoms with Crippen molar-refractivity contribution >= 4 is 23.0 Å². The second kappa shape index (κ2) is 6.04. The zero-order valence-corrected chi connectivity index (χ0v) is 11.7. The van der Waals surface area contributed by atoms with Crippen molar-refractivity contribution in [3.05, 3.63) is 46.3 Å². The molecule has 0 aliphatic carbocycles. The Labute approximate surface area is 120 Å². The Hall–Kier alpha value is -2.90. The number of nitrogens with zero attached hydrogens (tertiary/aromatic N) is 3. The number of amides is 1. The van der Waals surface area contributed by atoms with Crippen LogP contribution in [-0.4, -0.2) is 27.2 Å². The monoisotopic (exact) mass is 289 g/mol. The predicted octanol–water partition coefficient (Wildman–Crippen LogP) is 2.01. The van der Waals surface area contributed by atoms with Crippen LogP contribution in [0.25, 0.3) is 0 Å². The van der Waals surface area contributed by atoms with E-state index in [2.05, 4.69) is 15.7 Å². The van der Waals surface area contributed by atoms with Gasteiger partial charge in [0.05, 0.1) is 22.4 Å². The SMILES string of the molecule is CCNc1c(C(=O)Nc2cnn(C)c2)cccc1[N+](=O)[O-]. The maximum absolute atomic E-state index is 12.3. The van der Waals surface area contributed by atoms with E-state index in [0.29, 0.717) is 12.2 Å². The Morgan fingerprint density at radius 3 is 2.81 bits per heavy atom. The van der Waals surface area contributed by atoms with Crippen molar-refractivity contribution in [2.75, 3.05) is 17.2 Å². The third-order valence-corrected chi connectivity index (χ3v) is 2.80. The molecule has 21 heavy (non-hydrogen) atoms. The van der Waals surface area contributed by atoms with Crippen LogP contribution < -0.4 is 10.6 Å². The number of rotatable bonds is 5. The van der Waals surface area contributed by atoms with Gasteiger partial charge in [-0.2, -0.15) is 5.10 Å². The highest BCUT2D eigenvalue weighted by Gasteiger charge is 2.21. The van der Waals surface area contributed by atoms with Gasteiger partial charge in [0.25, 0.3) is 11.6 Å². The van der Waals surface area contributed by atoms with Gasteiger partial charge in [-0.3, -0.25) is 19.6 Å². The fraction of sp³-hybridized carbons (Fsp3) is 0.231. The van der Waals surface area contributed by atoms with Crippen molar-refractivity contribution in [2.45, 2.75) is 6.92 Å². The van der Waals surface area contributed by atoms with Gasteiger partial charge in [0.2, 0.25) is 0 Å². The van der Waals surface area contributed by atoms with E-state index < -0.39 is 10.8 Å². The fourth-order valence-electron chi connectivity index (χ4n) is 1.93. The molecule has 0 radical (unpaired) electrons. The first kappa shape index (κ1) is 14.5. The molecule has 0 aliphatic heterocycles. The molecule has 8 nitrogen and oxygen atoms in total. The van der Waals surface area contributed by atoms with Crippen LogP contribution in [0, 0.1) is 10.1 Å². The van der Waals surface area contributed by atoms with Crippen LogP contribution in [0.2, 0.25) is 0 Å². The number of para-hydroxylation sites is 1. The van der Waals surface area contributed by atoms with Crippen molar-refractivity contribution < 1.29 is 9.72 Å². The molecule has 0 bridgehead atoms. The summed E-state index contributed by atoms with van der Waals surface area (Å²) in [5, 5.41) is 20.5. The summed E-state index contributed by atoms with van der Waals surface area (Å²) < 4.78 is 1.55. The van der Waals surface area contributed by atoms with E-state index in [1.54, 1.807) is 24.9 Å². The van der Waals surface area contributed by atoms with Gasteiger partial charge in [-0.15, -0.1) is 0 Å². The first-order valence-corrected chi connectivity index (χ1v) is 6.34. The molecule has 0 fully saturated rings. The molecule has 1 aromatic carbocycles. The molecule has 110 valence electrons. The number of aryl methyl sites for hydroxylation is 1. The van der Waals surface area contributed by atoms with E-state index >= 15 is 0 Å². The number of nitrogens with one attached hydrogen (secondary N) is 2. The normalized spacial score (nSPS) is 10.2. The van der Waals surface area contributed by atoms with E-state index in [1.807, 2.05) is 0 Å². The summed E-state index contributed by atoms with van der Waals surface area (Å²) in [4.78, 5) is 22.8. The van der Waals surface area contributed by atoms with Gasteiger partial charge >= 0.3 is 0 Å². The highest BCUT2D eigenvalue weighted by atomic mass is 16.6. The first-order valence-electron chi connectivity index (χ1n) is 6.34. The van der Waals surface area contributed by atoms with Crippen LogP contribution >= 0.6 is 0 Å². The van der Waals surface area contributed by atoms with E-state index in [9.17, 15) is 14.9 Å². The number of nitro benzene ring substituents is 1. The molecular formula is C13H15N5O3. The Morgan fingerprint density at radius 2 is 2.24 bits per heavy atom. The molecule has 2 aromatic rings. The third kappa shape index (κ3) is 3.16. The van der Waals surface area contributed by atoms with Crippen LogP contribution in [0.15, 0.2) is 30.6 Å². The largest absolute Gasteiger partial charge is 0.379 e. The van der Waals surface area contributed by atoms with Crippen LogP contribution in [0.1, 0.15) is 17.3 Å². The van der Waals surface area contributed by atoms with Gasteiger partial charge in [0.1, 0.15) is 5.69 Å². The lowest BCUT2D eigenvalue weighted by molar-refractivity contribution is -0.384. The van der Waals surface area contributed by atoms with Gasteiger partial charge in [-0.25, -0.2) is 0 Å². The minimum absolute atomic E-state index is 0.129. The van der Waals surface area contributed by atoms with E-state index in [0.717, 1.165) is 0 Å². The number of aromatic nitrogens is 2. The molecule has 0 atom stereocenters. The van der Waals surface area contributed by atoms with Gasteiger partial charge < -0.3 is 10.6 Å². The summed E-state index contributed by atoms with van der Waals surface area (Å²) >= 11 is 0. The molecular weight excluding hydrogens is 274 g/mol. The summed E-state index contributed by atoms with van der Waals surface area (Å²) in [5.74, 6) is -0.428. The van der Waals surface area contributed by atoms with Gasteiger partial charge in [0, 0.05) is 25.9 Å². The molecule has 1 heterocycles. The molecule has 0 spiro atoms. The summed E-state index contributed by atoms with van der Waals surface area (Å²) in [6.45, 7) is 2.28.